The number of rotatable bonds is 0. The van der Waals surface area contributed by atoms with E-state index in [1.807, 2.05) is 19.6 Å². The molecule has 8 nitrogen and oxygen atoms in total. The van der Waals surface area contributed by atoms with Crippen molar-refractivity contribution in [3.8, 4) is 0 Å². The van der Waals surface area contributed by atoms with E-state index < -0.39 is 0 Å². The third-order valence-corrected chi connectivity index (χ3v) is 9.02. The second-order valence-corrected chi connectivity index (χ2v) is 11.9. The molecular formula is C30H32N4O4. The van der Waals surface area contributed by atoms with Gasteiger partial charge in [0.1, 0.15) is 0 Å². The Balaban J connectivity index is 1.26. The quantitative estimate of drug-likeness (QED) is 0.543. The molecule has 10 rings (SSSR count). The highest BCUT2D eigenvalue weighted by Crippen LogP contribution is 2.33. The van der Waals surface area contributed by atoms with Gasteiger partial charge in [-0.25, -0.2) is 0 Å². The first-order valence-electron chi connectivity index (χ1n) is 13.8. The van der Waals surface area contributed by atoms with E-state index in [1.54, 1.807) is 48.5 Å². The Hall–Kier alpha value is -3.68. The minimum Gasteiger partial charge on any atom is -0.338 e. The van der Waals surface area contributed by atoms with Crippen molar-refractivity contribution < 1.29 is 19.2 Å². The minimum absolute atomic E-state index is 0.0408. The molecule has 8 aliphatic heterocycles. The van der Waals surface area contributed by atoms with Gasteiger partial charge in [0.05, 0.1) is 0 Å². The second kappa shape index (κ2) is 8.96. The van der Waals surface area contributed by atoms with Crippen LogP contribution < -0.4 is 0 Å². The molecule has 0 unspecified atom stereocenters. The third kappa shape index (κ3) is 4.06. The molecule has 8 heteroatoms. The fourth-order valence-electron chi connectivity index (χ4n) is 7.53. The van der Waals surface area contributed by atoms with Crippen LogP contribution in [-0.2, 0) is 0 Å². The predicted molar refractivity (Wildman–Crippen MR) is 140 cm³/mol. The molecular weight excluding hydrogens is 480 g/mol. The summed E-state index contributed by atoms with van der Waals surface area (Å²) in [6.07, 6.45) is 1.99. The van der Waals surface area contributed by atoms with Crippen LogP contribution in [0.2, 0.25) is 0 Å². The third-order valence-electron chi connectivity index (χ3n) is 9.02. The zero-order chi connectivity index (χ0) is 26.0. The second-order valence-electron chi connectivity index (χ2n) is 11.9. The molecule has 0 radical (unpaired) electrons. The summed E-state index contributed by atoms with van der Waals surface area (Å²) in [5, 5.41) is 0. The van der Waals surface area contributed by atoms with Crippen molar-refractivity contribution in [1.29, 1.82) is 0 Å². The van der Waals surface area contributed by atoms with Gasteiger partial charge < -0.3 is 19.6 Å². The van der Waals surface area contributed by atoms with Gasteiger partial charge in [0.2, 0.25) is 0 Å². The van der Waals surface area contributed by atoms with Gasteiger partial charge in [-0.05, 0) is 72.9 Å². The lowest BCUT2D eigenvalue weighted by Crippen LogP contribution is -2.55. The number of carbonyl (C=O) groups is 4. The fourth-order valence-corrected chi connectivity index (χ4v) is 7.53. The Kier molecular flexibility index (Phi) is 5.53. The van der Waals surface area contributed by atoms with Crippen LogP contribution in [0, 0.1) is 23.7 Å². The summed E-state index contributed by atoms with van der Waals surface area (Å²) in [7, 11) is 0. The first kappa shape index (κ1) is 23.4. The van der Waals surface area contributed by atoms with Crippen molar-refractivity contribution in [3.63, 3.8) is 0 Å². The minimum atomic E-state index is -0.0408. The summed E-state index contributed by atoms with van der Waals surface area (Å²) in [5.41, 5.74) is 2.18. The van der Waals surface area contributed by atoms with E-state index in [-0.39, 0.29) is 47.3 Å². The zero-order valence-electron chi connectivity index (χ0n) is 21.4. The van der Waals surface area contributed by atoms with E-state index in [1.165, 1.54) is 0 Å². The molecule has 196 valence electrons. The van der Waals surface area contributed by atoms with Crippen LogP contribution in [0.4, 0.5) is 0 Å². The topological polar surface area (TPSA) is 81.2 Å². The largest absolute Gasteiger partial charge is 0.338 e. The van der Waals surface area contributed by atoms with Gasteiger partial charge in [-0.1, -0.05) is 12.1 Å². The Morgan fingerprint density at radius 2 is 0.658 bits per heavy atom. The number of amides is 4. The van der Waals surface area contributed by atoms with E-state index in [4.69, 9.17) is 0 Å². The van der Waals surface area contributed by atoms with E-state index in [0.717, 1.165) is 12.8 Å². The van der Waals surface area contributed by atoms with Crippen LogP contribution in [-0.4, -0.2) is 95.6 Å². The molecule has 0 saturated carbocycles. The van der Waals surface area contributed by atoms with Crippen LogP contribution >= 0.6 is 0 Å². The van der Waals surface area contributed by atoms with Gasteiger partial charge >= 0.3 is 0 Å². The van der Waals surface area contributed by atoms with Crippen molar-refractivity contribution in [1.82, 2.24) is 19.6 Å². The maximum atomic E-state index is 13.5. The van der Waals surface area contributed by atoms with Gasteiger partial charge in [-0.3, -0.25) is 19.2 Å². The van der Waals surface area contributed by atoms with Crippen LogP contribution in [0.1, 0.15) is 54.3 Å². The fraction of sp³-hybridized carbons (Fsp3) is 0.467. The highest BCUT2D eigenvalue weighted by molar-refractivity contribution is 6.01. The summed E-state index contributed by atoms with van der Waals surface area (Å²) in [4.78, 5) is 61.8. The molecule has 38 heavy (non-hydrogen) atoms. The summed E-state index contributed by atoms with van der Waals surface area (Å²) < 4.78 is 0. The molecule has 8 aliphatic rings. The molecule has 12 bridgehead atoms. The molecule has 0 aliphatic carbocycles. The number of piperidine rings is 4. The molecule has 0 aromatic heterocycles. The molecule has 4 amide bonds. The van der Waals surface area contributed by atoms with Gasteiger partial charge in [0, 0.05) is 74.6 Å². The summed E-state index contributed by atoms with van der Waals surface area (Å²) in [6.45, 7) is 4.78. The summed E-state index contributed by atoms with van der Waals surface area (Å²) >= 11 is 0. The molecule has 8 heterocycles. The van der Waals surface area contributed by atoms with Crippen LogP contribution in [0.3, 0.4) is 0 Å². The van der Waals surface area contributed by atoms with E-state index in [2.05, 4.69) is 0 Å². The lowest BCUT2D eigenvalue weighted by atomic mass is 9.83. The molecule has 2 aromatic carbocycles. The lowest BCUT2D eigenvalue weighted by molar-refractivity contribution is 0.0239. The molecule has 4 fully saturated rings. The smallest absolute Gasteiger partial charge is 0.253 e. The van der Waals surface area contributed by atoms with Crippen molar-refractivity contribution in [2.45, 2.75) is 12.8 Å². The Morgan fingerprint density at radius 3 is 0.895 bits per heavy atom. The van der Waals surface area contributed by atoms with Crippen molar-refractivity contribution in [3.05, 3.63) is 70.8 Å². The number of carbonyl (C=O) groups excluding carboxylic acids is 4. The number of nitrogens with zero attached hydrogens (tertiary/aromatic N) is 4. The molecule has 4 saturated heterocycles. The van der Waals surface area contributed by atoms with Crippen LogP contribution in [0.15, 0.2) is 48.5 Å². The van der Waals surface area contributed by atoms with Crippen LogP contribution in [0.5, 0.6) is 0 Å². The van der Waals surface area contributed by atoms with Crippen molar-refractivity contribution in [2.75, 3.05) is 52.4 Å². The van der Waals surface area contributed by atoms with Gasteiger partial charge in [0.15, 0.2) is 0 Å². The number of hydrogen-bond donors (Lipinski definition) is 0. The first-order chi connectivity index (χ1) is 18.4. The molecule has 0 spiro atoms. The zero-order valence-corrected chi connectivity index (χ0v) is 21.4. The van der Waals surface area contributed by atoms with Crippen LogP contribution in [0.25, 0.3) is 0 Å². The van der Waals surface area contributed by atoms with Crippen molar-refractivity contribution in [2.24, 2.45) is 23.7 Å². The van der Waals surface area contributed by atoms with E-state index >= 15 is 0 Å². The standard InChI is InChI=1S/C30H32N4O4/c35-27-23-3-1-4-24(9-23)28(36)32-13-21-8-22(14-32)18-34(17-21)30(38)26-6-2-5-25(10-26)29(37)33-15-19-7-20(16-33)12-31(27)11-19/h1-6,9-10,19-22H,7-8,11-18H2. The molecule has 0 N–H and O–H groups in total. The SMILES string of the molecule is O=C1c2cccc(c2)C(=O)N2CC3CC(C2)CN(C3)C(=O)c2cccc(c2)C(=O)N2CC3CC(CN1C3)C2. The monoisotopic (exact) mass is 512 g/mol. The molecule has 0 atom stereocenters. The van der Waals surface area contributed by atoms with Crippen molar-refractivity contribution >= 4 is 23.6 Å². The summed E-state index contributed by atoms with van der Waals surface area (Å²) in [6, 6.07) is 14.3. The Morgan fingerprint density at radius 1 is 0.421 bits per heavy atom. The Labute approximate surface area is 222 Å². The maximum absolute atomic E-state index is 13.5. The Bertz CT molecular complexity index is 1130. The first-order valence-corrected chi connectivity index (χ1v) is 13.8. The number of hydrogen-bond acceptors (Lipinski definition) is 4. The highest BCUT2D eigenvalue weighted by Gasteiger charge is 2.40. The predicted octanol–water partition coefficient (Wildman–Crippen LogP) is 2.47. The summed E-state index contributed by atoms with van der Waals surface area (Å²) in [5.74, 6) is 0.666. The van der Waals surface area contributed by atoms with E-state index in [9.17, 15) is 19.2 Å². The van der Waals surface area contributed by atoms with Gasteiger partial charge in [0.25, 0.3) is 23.6 Å². The van der Waals surface area contributed by atoms with Gasteiger partial charge in [-0.2, -0.15) is 0 Å². The number of benzene rings is 2. The average Bonchev–Trinajstić information content (AvgIpc) is 2.94. The van der Waals surface area contributed by atoms with Gasteiger partial charge in [-0.15, -0.1) is 0 Å². The lowest BCUT2D eigenvalue weighted by Gasteiger charge is -2.46. The average molecular weight is 513 g/mol. The van der Waals surface area contributed by atoms with E-state index in [0.29, 0.717) is 74.6 Å². The maximum Gasteiger partial charge on any atom is 0.253 e. The highest BCUT2D eigenvalue weighted by atomic mass is 16.2. The normalized spacial score (nSPS) is 29.1. The molecule has 2 aromatic rings.